The molecule has 0 aromatic heterocycles. The third-order valence-corrected chi connectivity index (χ3v) is 6.75. The van der Waals surface area contributed by atoms with Crippen molar-refractivity contribution in [3.63, 3.8) is 0 Å². The highest BCUT2D eigenvalue weighted by Gasteiger charge is 2.49. The lowest BCUT2D eigenvalue weighted by Gasteiger charge is -2.44. The monoisotopic (exact) mass is 426 g/mol. The topological polar surface area (TPSA) is 6.48 Å². The highest BCUT2D eigenvalue weighted by molar-refractivity contribution is 5.65. The van der Waals surface area contributed by atoms with E-state index >= 15 is 0 Å². The first-order valence-electron chi connectivity index (χ1n) is 10.1. The van der Waals surface area contributed by atoms with Gasteiger partial charge in [-0.1, -0.05) is 0 Å². The van der Waals surface area contributed by atoms with E-state index in [1.54, 1.807) is 6.07 Å². The van der Waals surface area contributed by atoms with Crippen molar-refractivity contribution in [2.24, 2.45) is 5.92 Å². The Hall–Kier alpha value is -2.38. The van der Waals surface area contributed by atoms with Gasteiger partial charge in [-0.05, 0) is 67.3 Å². The Kier molecular flexibility index (Phi) is 4.28. The molecule has 0 N–H and O–H groups in total. The van der Waals surface area contributed by atoms with Crippen LogP contribution in [0.3, 0.4) is 0 Å². The maximum Gasteiger partial charge on any atom is 0.416 e. The first-order chi connectivity index (χ1) is 14.1. The SMILES string of the molecule is FC(F)(F)c1ccc(N2CC[C@@H]3[C@@H]4CCCN4c4ccc(C(F)(F)F)cc4[C@@H]32)cc1. The molecule has 2 nitrogen and oxygen atoms in total. The Morgan fingerprint density at radius 1 is 0.733 bits per heavy atom. The fourth-order valence-corrected chi connectivity index (χ4v) is 5.52. The first-order valence-corrected chi connectivity index (χ1v) is 10.1. The minimum atomic E-state index is -4.44. The van der Waals surface area contributed by atoms with Crippen LogP contribution in [0.1, 0.15) is 42.0 Å². The fraction of sp³-hybridized carbons (Fsp3) is 0.455. The summed E-state index contributed by atoms with van der Waals surface area (Å²) in [4.78, 5) is 4.21. The summed E-state index contributed by atoms with van der Waals surface area (Å²) in [5, 5.41) is 0. The number of halogens is 6. The highest BCUT2D eigenvalue weighted by Crippen LogP contribution is 2.53. The molecule has 3 aliphatic rings. The van der Waals surface area contributed by atoms with Crippen molar-refractivity contribution in [3.05, 3.63) is 59.2 Å². The van der Waals surface area contributed by atoms with Gasteiger partial charge in [-0.25, -0.2) is 0 Å². The van der Waals surface area contributed by atoms with Gasteiger partial charge in [-0.2, -0.15) is 26.3 Å². The Labute approximate surface area is 170 Å². The second-order valence-corrected chi connectivity index (χ2v) is 8.31. The van der Waals surface area contributed by atoms with Gasteiger partial charge < -0.3 is 9.80 Å². The summed E-state index contributed by atoms with van der Waals surface area (Å²) >= 11 is 0. The van der Waals surface area contributed by atoms with Crippen LogP contribution in [0.2, 0.25) is 0 Å². The van der Waals surface area contributed by atoms with Crippen LogP contribution in [0.25, 0.3) is 0 Å². The highest BCUT2D eigenvalue weighted by atomic mass is 19.4. The predicted octanol–water partition coefficient (Wildman–Crippen LogP) is 6.27. The number of hydrogen-bond donors (Lipinski definition) is 0. The third kappa shape index (κ3) is 3.03. The zero-order valence-electron chi connectivity index (χ0n) is 16.0. The van der Waals surface area contributed by atoms with Crippen LogP contribution < -0.4 is 9.80 Å². The van der Waals surface area contributed by atoms with Gasteiger partial charge in [0.05, 0.1) is 17.2 Å². The maximum atomic E-state index is 13.4. The number of rotatable bonds is 1. The quantitative estimate of drug-likeness (QED) is 0.496. The lowest BCUT2D eigenvalue weighted by molar-refractivity contribution is -0.138. The van der Waals surface area contributed by atoms with E-state index in [0.29, 0.717) is 17.8 Å². The summed E-state index contributed by atoms with van der Waals surface area (Å²) < 4.78 is 79.1. The number of fused-ring (bicyclic) bond motifs is 6. The van der Waals surface area contributed by atoms with Gasteiger partial charge in [0.1, 0.15) is 0 Å². The standard InChI is InChI=1S/C22H20F6N2/c23-21(24,25)13-3-6-15(7-4-13)29-11-9-16-18-2-1-10-30(18)19-8-5-14(22(26,27)28)12-17(19)20(16)29/h3-8,12,16,18,20H,1-2,9-11H2/t16-,18+,20-/m1/s1. The second-order valence-electron chi connectivity index (χ2n) is 8.31. The van der Waals surface area contributed by atoms with E-state index in [2.05, 4.69) is 4.90 Å². The average molecular weight is 426 g/mol. The minimum Gasteiger partial charge on any atom is -0.368 e. The lowest BCUT2D eigenvalue weighted by atomic mass is 9.81. The molecule has 2 aromatic carbocycles. The Morgan fingerprint density at radius 3 is 2.07 bits per heavy atom. The van der Waals surface area contributed by atoms with Gasteiger partial charge in [0, 0.05) is 36.4 Å². The molecular formula is C22H20F6N2. The summed E-state index contributed by atoms with van der Waals surface area (Å²) in [7, 11) is 0. The molecule has 2 saturated heterocycles. The van der Waals surface area contributed by atoms with E-state index in [9.17, 15) is 26.3 Å². The van der Waals surface area contributed by atoms with Gasteiger partial charge >= 0.3 is 12.4 Å². The van der Waals surface area contributed by atoms with Gasteiger partial charge in [-0.15, -0.1) is 0 Å². The molecule has 0 saturated carbocycles. The van der Waals surface area contributed by atoms with Gasteiger partial charge in [-0.3, -0.25) is 0 Å². The summed E-state index contributed by atoms with van der Waals surface area (Å²) in [5.41, 5.74) is 0.658. The number of anilines is 2. The molecule has 2 aromatic rings. The zero-order chi connectivity index (χ0) is 21.3. The second kappa shape index (κ2) is 6.56. The molecule has 3 atom stereocenters. The first kappa shape index (κ1) is 19.6. The number of hydrogen-bond acceptors (Lipinski definition) is 2. The maximum absolute atomic E-state index is 13.4. The molecule has 3 heterocycles. The molecule has 160 valence electrons. The number of alkyl halides is 6. The van der Waals surface area contributed by atoms with Crippen molar-refractivity contribution in [3.8, 4) is 0 Å². The summed E-state index contributed by atoms with van der Waals surface area (Å²) in [5.74, 6) is 0.158. The molecular weight excluding hydrogens is 406 g/mol. The molecule has 0 spiro atoms. The van der Waals surface area contributed by atoms with Crippen molar-refractivity contribution >= 4 is 11.4 Å². The van der Waals surface area contributed by atoms with Gasteiger partial charge in [0.25, 0.3) is 0 Å². The summed E-state index contributed by atoms with van der Waals surface area (Å²) in [6, 6.07) is 8.88. The molecule has 0 unspecified atom stereocenters. The van der Waals surface area contributed by atoms with Crippen molar-refractivity contribution < 1.29 is 26.3 Å². The van der Waals surface area contributed by atoms with E-state index in [1.807, 2.05) is 4.90 Å². The van der Waals surface area contributed by atoms with E-state index in [-0.39, 0.29) is 18.0 Å². The van der Waals surface area contributed by atoms with E-state index in [4.69, 9.17) is 0 Å². The van der Waals surface area contributed by atoms with Crippen LogP contribution >= 0.6 is 0 Å². The average Bonchev–Trinajstić information content (AvgIpc) is 3.33. The molecule has 0 radical (unpaired) electrons. The molecule has 0 bridgehead atoms. The number of benzene rings is 2. The Balaban J connectivity index is 1.58. The van der Waals surface area contributed by atoms with Crippen LogP contribution in [0.4, 0.5) is 37.7 Å². The predicted molar refractivity (Wildman–Crippen MR) is 101 cm³/mol. The van der Waals surface area contributed by atoms with Crippen LogP contribution in [-0.4, -0.2) is 19.1 Å². The van der Waals surface area contributed by atoms with Gasteiger partial charge in [0.2, 0.25) is 0 Å². The Bertz CT molecular complexity index is 950. The van der Waals surface area contributed by atoms with Crippen LogP contribution in [-0.2, 0) is 12.4 Å². The lowest BCUT2D eigenvalue weighted by Crippen LogP contribution is -2.44. The van der Waals surface area contributed by atoms with Crippen molar-refractivity contribution in [1.82, 2.24) is 0 Å². The van der Waals surface area contributed by atoms with Crippen LogP contribution in [0.15, 0.2) is 42.5 Å². The fourth-order valence-electron chi connectivity index (χ4n) is 5.52. The van der Waals surface area contributed by atoms with Gasteiger partial charge in [0.15, 0.2) is 0 Å². The number of nitrogens with zero attached hydrogens (tertiary/aromatic N) is 2. The molecule has 3 aliphatic heterocycles. The van der Waals surface area contributed by atoms with Crippen molar-refractivity contribution in [2.45, 2.75) is 43.7 Å². The molecule has 5 rings (SSSR count). The molecule has 8 heteroatoms. The smallest absolute Gasteiger partial charge is 0.368 e. The van der Waals surface area contributed by atoms with E-state index in [1.165, 1.54) is 18.2 Å². The minimum absolute atomic E-state index is 0.158. The zero-order valence-corrected chi connectivity index (χ0v) is 16.0. The summed E-state index contributed by atoms with van der Waals surface area (Å²) in [6.45, 7) is 1.44. The van der Waals surface area contributed by atoms with Crippen molar-refractivity contribution in [1.29, 1.82) is 0 Å². The van der Waals surface area contributed by atoms with Crippen LogP contribution in [0, 0.1) is 5.92 Å². The van der Waals surface area contributed by atoms with E-state index in [0.717, 1.165) is 49.7 Å². The summed E-state index contributed by atoms with van der Waals surface area (Å²) in [6.07, 6.45) is -6.07. The molecule has 0 aliphatic carbocycles. The Morgan fingerprint density at radius 2 is 1.40 bits per heavy atom. The van der Waals surface area contributed by atoms with Crippen LogP contribution in [0.5, 0.6) is 0 Å². The molecule has 30 heavy (non-hydrogen) atoms. The van der Waals surface area contributed by atoms with E-state index < -0.39 is 23.5 Å². The normalized spacial score (nSPS) is 25.9. The van der Waals surface area contributed by atoms with Crippen molar-refractivity contribution in [2.75, 3.05) is 22.9 Å². The molecule has 2 fully saturated rings. The molecule has 0 amide bonds. The largest absolute Gasteiger partial charge is 0.416 e. The third-order valence-electron chi connectivity index (χ3n) is 6.75.